The van der Waals surface area contributed by atoms with Crippen molar-refractivity contribution >= 4 is 40.5 Å². The van der Waals surface area contributed by atoms with Gasteiger partial charge >= 0.3 is 0 Å². The Balaban J connectivity index is 2.66. The van der Waals surface area contributed by atoms with Gasteiger partial charge in [-0.05, 0) is 5.56 Å². The van der Waals surface area contributed by atoms with Gasteiger partial charge in [0, 0.05) is 6.42 Å². The molecule has 0 bridgehead atoms. The van der Waals surface area contributed by atoms with E-state index in [1.54, 1.807) is 0 Å². The molecular formula is C9H8Cl3N. The summed E-state index contributed by atoms with van der Waals surface area (Å²) in [6.45, 7) is 0. The van der Waals surface area contributed by atoms with Crippen LogP contribution in [0.3, 0.4) is 0 Å². The molecule has 1 N–H and O–H groups in total. The Bertz CT molecular complexity index is 289. The van der Waals surface area contributed by atoms with Gasteiger partial charge in [-0.25, -0.2) is 0 Å². The smallest absolute Gasteiger partial charge is 0.228 e. The Labute approximate surface area is 92.1 Å². The molecule has 0 heterocycles. The Morgan fingerprint density at radius 3 is 2.15 bits per heavy atom. The lowest BCUT2D eigenvalue weighted by Crippen LogP contribution is -2.20. The van der Waals surface area contributed by atoms with E-state index in [0.717, 1.165) is 5.56 Å². The summed E-state index contributed by atoms with van der Waals surface area (Å²) in [6.07, 6.45) is 0.372. The van der Waals surface area contributed by atoms with Gasteiger partial charge in [-0.3, -0.25) is 0 Å². The number of benzene rings is 1. The van der Waals surface area contributed by atoms with Gasteiger partial charge in [0.05, 0.1) is 5.71 Å². The molecule has 0 aromatic heterocycles. The molecule has 70 valence electrons. The van der Waals surface area contributed by atoms with Gasteiger partial charge in [0.15, 0.2) is 0 Å². The molecule has 1 aromatic rings. The maximum absolute atomic E-state index is 7.48. The predicted octanol–water partition coefficient (Wildman–Crippen LogP) is 3.62. The van der Waals surface area contributed by atoms with E-state index in [-0.39, 0.29) is 5.71 Å². The SMILES string of the molecule is N=C(Cc1ccccc1)C(Cl)(Cl)Cl. The topological polar surface area (TPSA) is 23.9 Å². The number of hydrogen-bond donors (Lipinski definition) is 1. The normalized spacial score (nSPS) is 11.3. The highest BCUT2D eigenvalue weighted by Crippen LogP contribution is 2.28. The Kier molecular flexibility index (Phi) is 3.60. The van der Waals surface area contributed by atoms with Gasteiger partial charge in [-0.15, -0.1) is 0 Å². The minimum atomic E-state index is -1.59. The van der Waals surface area contributed by atoms with Crippen LogP contribution >= 0.6 is 34.8 Å². The minimum absolute atomic E-state index is 0.0868. The molecule has 13 heavy (non-hydrogen) atoms. The van der Waals surface area contributed by atoms with Crippen molar-refractivity contribution in [2.75, 3.05) is 0 Å². The second kappa shape index (κ2) is 4.32. The molecule has 1 rings (SSSR count). The maximum Gasteiger partial charge on any atom is 0.228 e. The number of nitrogens with one attached hydrogen (secondary N) is 1. The molecule has 0 aliphatic carbocycles. The molecule has 1 nitrogen and oxygen atoms in total. The van der Waals surface area contributed by atoms with E-state index in [0.29, 0.717) is 6.42 Å². The summed E-state index contributed by atoms with van der Waals surface area (Å²) in [4.78, 5) is 0. The summed E-state index contributed by atoms with van der Waals surface area (Å²) < 4.78 is -1.59. The third kappa shape index (κ3) is 3.55. The molecule has 0 saturated heterocycles. The largest absolute Gasteiger partial charge is 0.305 e. The van der Waals surface area contributed by atoms with Crippen LogP contribution in [0.25, 0.3) is 0 Å². The molecule has 0 fully saturated rings. The summed E-state index contributed by atoms with van der Waals surface area (Å²) in [5.41, 5.74) is 1.06. The first-order chi connectivity index (χ1) is 6.00. The number of alkyl halides is 3. The summed E-state index contributed by atoms with van der Waals surface area (Å²) in [5.74, 6) is 0. The third-order valence-corrected chi connectivity index (χ3v) is 2.25. The van der Waals surface area contributed by atoms with Gasteiger partial charge in [-0.1, -0.05) is 65.1 Å². The molecule has 0 aliphatic rings. The fourth-order valence-corrected chi connectivity index (χ4v) is 1.10. The zero-order valence-corrected chi connectivity index (χ0v) is 9.00. The third-order valence-electron chi connectivity index (χ3n) is 1.57. The van der Waals surface area contributed by atoms with Crippen LogP contribution in [0.2, 0.25) is 0 Å². The van der Waals surface area contributed by atoms with Crippen LogP contribution in [0, 0.1) is 5.41 Å². The highest BCUT2D eigenvalue weighted by atomic mass is 35.6. The van der Waals surface area contributed by atoms with E-state index in [1.807, 2.05) is 30.3 Å². The standard InChI is InChI=1S/C9H8Cl3N/c10-9(11,12)8(13)6-7-4-2-1-3-5-7/h1-5,13H,6H2. The van der Waals surface area contributed by atoms with Crippen LogP contribution in [-0.4, -0.2) is 9.50 Å². The Morgan fingerprint density at radius 2 is 1.69 bits per heavy atom. The summed E-state index contributed by atoms with van der Waals surface area (Å²) in [5, 5.41) is 7.48. The number of rotatable bonds is 2. The van der Waals surface area contributed by atoms with E-state index in [2.05, 4.69) is 0 Å². The van der Waals surface area contributed by atoms with Crippen molar-refractivity contribution in [2.24, 2.45) is 0 Å². The van der Waals surface area contributed by atoms with E-state index in [4.69, 9.17) is 40.2 Å². The van der Waals surface area contributed by atoms with Crippen molar-refractivity contribution in [3.05, 3.63) is 35.9 Å². The molecule has 0 radical (unpaired) electrons. The lowest BCUT2D eigenvalue weighted by molar-refractivity contribution is 1.22. The molecule has 4 heteroatoms. The van der Waals surface area contributed by atoms with Crippen molar-refractivity contribution in [2.45, 2.75) is 10.2 Å². The first-order valence-corrected chi connectivity index (χ1v) is 4.82. The van der Waals surface area contributed by atoms with Gasteiger partial charge in [-0.2, -0.15) is 0 Å². The van der Waals surface area contributed by atoms with Crippen LogP contribution in [0.4, 0.5) is 0 Å². The zero-order valence-electron chi connectivity index (χ0n) is 6.73. The van der Waals surface area contributed by atoms with Crippen molar-refractivity contribution in [3.63, 3.8) is 0 Å². The van der Waals surface area contributed by atoms with Gasteiger partial charge < -0.3 is 5.41 Å². The quantitative estimate of drug-likeness (QED) is 0.599. The van der Waals surface area contributed by atoms with Crippen molar-refractivity contribution in [1.82, 2.24) is 0 Å². The molecule has 0 amide bonds. The van der Waals surface area contributed by atoms with Crippen molar-refractivity contribution < 1.29 is 0 Å². The maximum atomic E-state index is 7.48. The van der Waals surface area contributed by atoms with Gasteiger partial charge in [0.25, 0.3) is 0 Å². The monoisotopic (exact) mass is 235 g/mol. The second-order valence-electron chi connectivity index (χ2n) is 2.64. The number of hydrogen-bond acceptors (Lipinski definition) is 1. The fraction of sp³-hybridized carbons (Fsp3) is 0.222. The Hall–Kier alpha value is -0.240. The van der Waals surface area contributed by atoms with Crippen LogP contribution in [0.15, 0.2) is 30.3 Å². The predicted molar refractivity (Wildman–Crippen MR) is 58.2 cm³/mol. The van der Waals surface area contributed by atoms with Gasteiger partial charge in [0.2, 0.25) is 3.79 Å². The Morgan fingerprint density at radius 1 is 1.15 bits per heavy atom. The molecule has 0 unspecified atom stereocenters. The van der Waals surface area contributed by atoms with E-state index in [1.165, 1.54) is 0 Å². The summed E-state index contributed by atoms with van der Waals surface area (Å²) in [7, 11) is 0. The van der Waals surface area contributed by atoms with E-state index in [9.17, 15) is 0 Å². The average molecular weight is 237 g/mol. The first-order valence-electron chi connectivity index (χ1n) is 3.68. The van der Waals surface area contributed by atoms with E-state index >= 15 is 0 Å². The zero-order chi connectivity index (χ0) is 9.90. The minimum Gasteiger partial charge on any atom is -0.305 e. The average Bonchev–Trinajstić information content (AvgIpc) is 2.04. The van der Waals surface area contributed by atoms with Gasteiger partial charge in [0.1, 0.15) is 0 Å². The van der Waals surface area contributed by atoms with Crippen LogP contribution in [0.1, 0.15) is 5.56 Å². The first kappa shape index (κ1) is 10.8. The molecule has 0 atom stereocenters. The lowest BCUT2D eigenvalue weighted by atomic mass is 10.1. The van der Waals surface area contributed by atoms with E-state index < -0.39 is 3.79 Å². The molecule has 0 spiro atoms. The summed E-state index contributed by atoms with van der Waals surface area (Å²) in [6, 6.07) is 9.47. The lowest BCUT2D eigenvalue weighted by Gasteiger charge is -2.11. The van der Waals surface area contributed by atoms with Crippen LogP contribution in [0.5, 0.6) is 0 Å². The van der Waals surface area contributed by atoms with Crippen molar-refractivity contribution in [1.29, 1.82) is 5.41 Å². The molecular weight excluding hydrogens is 228 g/mol. The second-order valence-corrected chi connectivity index (χ2v) is 4.92. The highest BCUT2D eigenvalue weighted by molar-refractivity contribution is 6.76. The molecule has 0 aliphatic heterocycles. The number of halogens is 3. The summed E-state index contributed by atoms with van der Waals surface area (Å²) >= 11 is 16.6. The van der Waals surface area contributed by atoms with Crippen LogP contribution < -0.4 is 0 Å². The fourth-order valence-electron chi connectivity index (χ4n) is 0.900. The van der Waals surface area contributed by atoms with Crippen LogP contribution in [-0.2, 0) is 6.42 Å². The van der Waals surface area contributed by atoms with Crippen molar-refractivity contribution in [3.8, 4) is 0 Å². The highest BCUT2D eigenvalue weighted by Gasteiger charge is 2.25. The molecule has 1 aromatic carbocycles. The molecule has 0 saturated carbocycles.